The first-order valence-electron chi connectivity index (χ1n) is 8.32. The highest BCUT2D eigenvalue weighted by Crippen LogP contribution is 2.27. The van der Waals surface area contributed by atoms with E-state index in [1.807, 2.05) is 0 Å². The van der Waals surface area contributed by atoms with Crippen molar-refractivity contribution in [3.63, 3.8) is 0 Å². The number of amides is 1. The van der Waals surface area contributed by atoms with Gasteiger partial charge < -0.3 is 14.6 Å². The Bertz CT molecular complexity index is 1150. The normalized spacial score (nSPS) is 11.3. The molecule has 3 aromatic rings. The highest BCUT2D eigenvalue weighted by Gasteiger charge is 2.19. The van der Waals surface area contributed by atoms with Crippen molar-refractivity contribution < 1.29 is 22.5 Å². The molecular weight excluding hydrogens is 420 g/mol. The molecule has 0 bridgehead atoms. The maximum absolute atomic E-state index is 12.6. The monoisotopic (exact) mass is 436 g/mol. The van der Waals surface area contributed by atoms with Gasteiger partial charge in [0.1, 0.15) is 5.75 Å². The van der Waals surface area contributed by atoms with Gasteiger partial charge in [0.2, 0.25) is 27.6 Å². The van der Waals surface area contributed by atoms with Crippen LogP contribution in [0, 0.1) is 0 Å². The molecule has 0 radical (unpaired) electrons. The van der Waals surface area contributed by atoms with Crippen molar-refractivity contribution >= 4 is 33.2 Å². The number of benzene rings is 2. The summed E-state index contributed by atoms with van der Waals surface area (Å²) in [6.07, 6.45) is 0. The van der Waals surface area contributed by atoms with Crippen molar-refractivity contribution in [2.75, 3.05) is 12.4 Å². The summed E-state index contributed by atoms with van der Waals surface area (Å²) >= 11 is 5.94. The molecule has 29 heavy (non-hydrogen) atoms. The molecule has 0 aliphatic carbocycles. The minimum atomic E-state index is -3.91. The molecule has 0 aliphatic heterocycles. The van der Waals surface area contributed by atoms with Crippen molar-refractivity contribution in [2.24, 2.45) is 0 Å². The number of hydrogen-bond donors (Lipinski definition) is 2. The smallest absolute Gasteiger partial charge is 0.242 e. The van der Waals surface area contributed by atoms with Gasteiger partial charge in [0.15, 0.2) is 0 Å². The van der Waals surface area contributed by atoms with Crippen molar-refractivity contribution in [1.29, 1.82) is 0 Å². The summed E-state index contributed by atoms with van der Waals surface area (Å²) in [6, 6.07) is 11.0. The minimum Gasteiger partial charge on any atom is -0.495 e. The van der Waals surface area contributed by atoms with Crippen LogP contribution < -0.4 is 14.8 Å². The van der Waals surface area contributed by atoms with Crippen LogP contribution in [0.4, 0.5) is 5.69 Å². The van der Waals surface area contributed by atoms with Gasteiger partial charge in [-0.25, -0.2) is 13.1 Å². The minimum absolute atomic E-state index is 0.0587. The molecule has 0 atom stereocenters. The van der Waals surface area contributed by atoms with E-state index in [2.05, 4.69) is 20.2 Å². The summed E-state index contributed by atoms with van der Waals surface area (Å²) in [4.78, 5) is 15.4. The molecule has 2 aromatic carbocycles. The Hall–Kier alpha value is -2.95. The summed E-state index contributed by atoms with van der Waals surface area (Å²) < 4.78 is 37.8. The van der Waals surface area contributed by atoms with Crippen molar-refractivity contribution in [3.8, 4) is 17.1 Å². The van der Waals surface area contributed by atoms with E-state index in [-0.39, 0.29) is 28.9 Å². The van der Waals surface area contributed by atoms with E-state index in [9.17, 15) is 13.2 Å². The van der Waals surface area contributed by atoms with Crippen molar-refractivity contribution in [3.05, 3.63) is 53.4 Å². The van der Waals surface area contributed by atoms with Gasteiger partial charge in [-0.2, -0.15) is 4.98 Å². The molecule has 0 spiro atoms. The Morgan fingerprint density at radius 3 is 2.72 bits per heavy atom. The fraction of sp³-hybridized carbons (Fsp3) is 0.167. The van der Waals surface area contributed by atoms with Crippen LogP contribution in [-0.4, -0.2) is 31.6 Å². The lowest BCUT2D eigenvalue weighted by Crippen LogP contribution is -2.23. The van der Waals surface area contributed by atoms with Gasteiger partial charge in [0.25, 0.3) is 0 Å². The van der Waals surface area contributed by atoms with E-state index in [4.69, 9.17) is 20.9 Å². The van der Waals surface area contributed by atoms with Crippen LogP contribution in [0.15, 0.2) is 51.9 Å². The molecule has 0 unspecified atom stereocenters. The van der Waals surface area contributed by atoms with Gasteiger partial charge in [-0.1, -0.05) is 28.9 Å². The first-order valence-corrected chi connectivity index (χ1v) is 10.2. The summed E-state index contributed by atoms with van der Waals surface area (Å²) in [6.45, 7) is 1.10. The molecule has 0 saturated carbocycles. The number of ether oxygens (including phenoxy) is 1. The van der Waals surface area contributed by atoms with Gasteiger partial charge in [-0.05, 0) is 30.3 Å². The van der Waals surface area contributed by atoms with Gasteiger partial charge in [-0.3, -0.25) is 4.79 Å². The molecule has 11 heteroatoms. The molecule has 0 fully saturated rings. The van der Waals surface area contributed by atoms with Crippen LogP contribution in [0.2, 0.25) is 5.02 Å². The Labute approximate surface area is 172 Å². The first kappa shape index (κ1) is 20.8. The zero-order valence-electron chi connectivity index (χ0n) is 15.5. The first-order chi connectivity index (χ1) is 13.8. The van der Waals surface area contributed by atoms with Crippen molar-refractivity contribution in [2.45, 2.75) is 18.4 Å². The largest absolute Gasteiger partial charge is 0.495 e. The number of sulfonamides is 1. The number of carbonyl (C=O) groups excluding carboxylic acids is 1. The predicted octanol–water partition coefficient (Wildman–Crippen LogP) is 2.84. The lowest BCUT2D eigenvalue weighted by molar-refractivity contribution is -0.114. The van der Waals surface area contributed by atoms with Gasteiger partial charge >= 0.3 is 0 Å². The Balaban J connectivity index is 1.76. The van der Waals surface area contributed by atoms with E-state index in [1.165, 1.54) is 32.2 Å². The van der Waals surface area contributed by atoms with E-state index >= 15 is 0 Å². The average molecular weight is 437 g/mol. The number of nitrogens with zero attached hydrogens (tertiary/aromatic N) is 2. The maximum atomic E-state index is 12.6. The second-order valence-electron chi connectivity index (χ2n) is 5.89. The Kier molecular flexibility index (Phi) is 6.16. The molecule has 2 N–H and O–H groups in total. The number of aromatic nitrogens is 2. The molecule has 3 rings (SSSR count). The number of rotatable bonds is 7. The third-order valence-corrected chi connectivity index (χ3v) is 5.39. The van der Waals surface area contributed by atoms with E-state index in [0.29, 0.717) is 22.2 Å². The standard InChI is InChI=1S/C18H17ClN4O5S/c1-11(24)21-15-9-14(6-7-16(15)27-2)29(25,26)20-10-17-22-18(23-28-17)12-4-3-5-13(19)8-12/h3-9,20H,10H2,1-2H3,(H,21,24). The van der Waals surface area contributed by atoms with Gasteiger partial charge in [0.05, 0.1) is 24.2 Å². The zero-order valence-corrected chi connectivity index (χ0v) is 17.0. The van der Waals surface area contributed by atoms with E-state index < -0.39 is 10.0 Å². The lowest BCUT2D eigenvalue weighted by Gasteiger charge is -2.11. The van der Waals surface area contributed by atoms with Crippen LogP contribution in [0.5, 0.6) is 5.75 Å². The highest BCUT2D eigenvalue weighted by molar-refractivity contribution is 7.89. The molecule has 9 nitrogen and oxygen atoms in total. The average Bonchev–Trinajstić information content (AvgIpc) is 3.15. The third kappa shape index (κ3) is 5.11. The highest BCUT2D eigenvalue weighted by atomic mass is 35.5. The predicted molar refractivity (Wildman–Crippen MR) is 106 cm³/mol. The topological polar surface area (TPSA) is 123 Å². The third-order valence-electron chi connectivity index (χ3n) is 3.76. The number of anilines is 1. The molecular formula is C18H17ClN4O5S. The second kappa shape index (κ2) is 8.60. The SMILES string of the molecule is COc1ccc(S(=O)(=O)NCc2nc(-c3cccc(Cl)c3)no2)cc1NC(C)=O. The summed E-state index contributed by atoms with van der Waals surface area (Å²) in [5.74, 6) is 0.352. The Morgan fingerprint density at radius 1 is 1.24 bits per heavy atom. The van der Waals surface area contributed by atoms with Crippen LogP contribution >= 0.6 is 11.6 Å². The molecule has 1 aromatic heterocycles. The number of halogens is 1. The van der Waals surface area contributed by atoms with Crippen molar-refractivity contribution in [1.82, 2.24) is 14.9 Å². The fourth-order valence-corrected chi connectivity index (χ4v) is 3.64. The van der Waals surface area contributed by atoms with Crippen LogP contribution in [-0.2, 0) is 21.4 Å². The molecule has 1 heterocycles. The van der Waals surface area contributed by atoms with Gasteiger partial charge in [-0.15, -0.1) is 0 Å². The Morgan fingerprint density at radius 2 is 2.03 bits per heavy atom. The molecule has 1 amide bonds. The zero-order chi connectivity index (χ0) is 21.0. The summed E-state index contributed by atoms with van der Waals surface area (Å²) in [5.41, 5.74) is 0.884. The molecule has 0 saturated heterocycles. The number of carbonyl (C=O) groups is 1. The number of nitrogens with one attached hydrogen (secondary N) is 2. The molecule has 152 valence electrons. The van der Waals surface area contributed by atoms with Gasteiger partial charge in [0, 0.05) is 17.5 Å². The second-order valence-corrected chi connectivity index (χ2v) is 8.09. The quantitative estimate of drug-likeness (QED) is 0.583. The number of methoxy groups -OCH3 is 1. The lowest BCUT2D eigenvalue weighted by atomic mass is 10.2. The maximum Gasteiger partial charge on any atom is 0.242 e. The van der Waals surface area contributed by atoms with E-state index in [0.717, 1.165) is 0 Å². The fourth-order valence-electron chi connectivity index (χ4n) is 2.45. The van der Waals surface area contributed by atoms with Crippen LogP contribution in [0.1, 0.15) is 12.8 Å². The summed E-state index contributed by atoms with van der Waals surface area (Å²) in [5, 5.41) is 6.87. The van der Waals surface area contributed by atoms with E-state index in [1.54, 1.807) is 24.3 Å². The summed E-state index contributed by atoms with van der Waals surface area (Å²) in [7, 11) is -2.49. The molecule has 0 aliphatic rings. The van der Waals surface area contributed by atoms with Crippen LogP contribution in [0.25, 0.3) is 11.4 Å². The number of hydrogen-bond acceptors (Lipinski definition) is 7. The van der Waals surface area contributed by atoms with Crippen LogP contribution in [0.3, 0.4) is 0 Å².